The van der Waals surface area contributed by atoms with Crippen molar-refractivity contribution in [2.45, 2.75) is 26.7 Å². The molecular weight excluding hydrogens is 372 g/mol. The molecule has 2 heterocycles. The molecule has 6 heteroatoms. The molecule has 29 heavy (non-hydrogen) atoms. The molecule has 0 radical (unpaired) electrons. The van der Waals surface area contributed by atoms with Gasteiger partial charge in [-0.05, 0) is 56.0 Å². The van der Waals surface area contributed by atoms with Gasteiger partial charge in [-0.1, -0.05) is 18.6 Å². The summed E-state index contributed by atoms with van der Waals surface area (Å²) in [6, 6.07) is 10.7. The van der Waals surface area contributed by atoms with Crippen LogP contribution in [-0.2, 0) is 0 Å². The van der Waals surface area contributed by atoms with Gasteiger partial charge in [0.15, 0.2) is 0 Å². The number of aryl methyl sites for hydroxylation is 1. The maximum atomic E-state index is 14.2. The van der Waals surface area contributed by atoms with Crippen LogP contribution in [0.1, 0.15) is 35.8 Å². The van der Waals surface area contributed by atoms with Crippen molar-refractivity contribution in [2.24, 2.45) is 5.92 Å². The van der Waals surface area contributed by atoms with E-state index in [9.17, 15) is 13.6 Å². The molecule has 0 unspecified atom stereocenters. The fraction of sp³-hybridized carbons (Fsp3) is 0.304. The van der Waals surface area contributed by atoms with E-state index in [2.05, 4.69) is 17.2 Å². The van der Waals surface area contributed by atoms with Crippen LogP contribution < -0.4 is 5.32 Å². The number of nitrogens with one attached hydrogen (secondary N) is 1. The first-order chi connectivity index (χ1) is 13.9. The van der Waals surface area contributed by atoms with Crippen LogP contribution in [0.5, 0.6) is 0 Å². The predicted molar refractivity (Wildman–Crippen MR) is 110 cm³/mol. The van der Waals surface area contributed by atoms with Crippen molar-refractivity contribution in [1.82, 2.24) is 9.88 Å². The van der Waals surface area contributed by atoms with Gasteiger partial charge in [-0.2, -0.15) is 0 Å². The minimum absolute atomic E-state index is 0.123. The molecule has 0 bridgehead atoms. The van der Waals surface area contributed by atoms with Gasteiger partial charge in [0, 0.05) is 24.5 Å². The van der Waals surface area contributed by atoms with Crippen LogP contribution in [0, 0.1) is 24.5 Å². The summed E-state index contributed by atoms with van der Waals surface area (Å²) >= 11 is 0. The Morgan fingerprint density at radius 1 is 1.14 bits per heavy atom. The number of rotatable bonds is 3. The highest BCUT2D eigenvalue weighted by Gasteiger charge is 2.24. The minimum Gasteiger partial charge on any atom is -0.353 e. The Balaban J connectivity index is 1.77. The number of fused-ring (bicyclic) bond motifs is 1. The maximum Gasteiger partial charge on any atom is 0.272 e. The largest absolute Gasteiger partial charge is 0.353 e. The van der Waals surface area contributed by atoms with E-state index in [1.807, 2.05) is 30.0 Å². The monoisotopic (exact) mass is 395 g/mol. The number of amides is 1. The van der Waals surface area contributed by atoms with Gasteiger partial charge in [0.1, 0.15) is 17.3 Å². The molecule has 3 aromatic rings. The van der Waals surface area contributed by atoms with E-state index in [1.165, 1.54) is 12.1 Å². The molecule has 0 saturated carbocycles. The lowest BCUT2D eigenvalue weighted by atomic mass is 10.00. The SMILES string of the molecule is Cc1ccc2nc(C(=O)N3CCC[C@H](C)C3)cc(Nc3ccc(F)cc3F)c2c1. The van der Waals surface area contributed by atoms with Crippen LogP contribution in [0.2, 0.25) is 0 Å². The Bertz CT molecular complexity index is 1080. The zero-order chi connectivity index (χ0) is 20.5. The Labute approximate surface area is 168 Å². The summed E-state index contributed by atoms with van der Waals surface area (Å²) < 4.78 is 27.5. The van der Waals surface area contributed by atoms with Gasteiger partial charge in [0.25, 0.3) is 5.91 Å². The number of hydrogen-bond acceptors (Lipinski definition) is 3. The molecule has 0 aliphatic carbocycles. The highest BCUT2D eigenvalue weighted by atomic mass is 19.1. The number of likely N-dealkylation sites (tertiary alicyclic amines) is 1. The Kier molecular flexibility index (Phi) is 5.18. The summed E-state index contributed by atoms with van der Waals surface area (Å²) in [5.41, 5.74) is 2.70. The number of halogens is 2. The van der Waals surface area contributed by atoms with Gasteiger partial charge in [0.2, 0.25) is 0 Å². The number of anilines is 2. The summed E-state index contributed by atoms with van der Waals surface area (Å²) in [5, 5.41) is 3.80. The average molecular weight is 395 g/mol. The van der Waals surface area contributed by atoms with Gasteiger partial charge < -0.3 is 10.2 Å². The number of piperidine rings is 1. The first-order valence-electron chi connectivity index (χ1n) is 9.83. The van der Waals surface area contributed by atoms with Crippen molar-refractivity contribution in [3.63, 3.8) is 0 Å². The average Bonchev–Trinajstić information content (AvgIpc) is 2.69. The lowest BCUT2D eigenvalue weighted by molar-refractivity contribution is 0.0677. The van der Waals surface area contributed by atoms with Crippen molar-refractivity contribution in [1.29, 1.82) is 0 Å². The van der Waals surface area contributed by atoms with E-state index in [-0.39, 0.29) is 11.6 Å². The molecule has 150 valence electrons. The summed E-state index contributed by atoms with van der Waals surface area (Å²) in [6.07, 6.45) is 2.09. The number of carbonyl (C=O) groups excluding carboxylic acids is 1. The summed E-state index contributed by atoms with van der Waals surface area (Å²) in [6.45, 7) is 5.52. The number of pyridine rings is 1. The molecule has 1 aliphatic rings. The minimum atomic E-state index is -0.694. The van der Waals surface area contributed by atoms with Crippen molar-refractivity contribution in [3.8, 4) is 0 Å². The Hall–Kier alpha value is -3.02. The molecule has 4 nitrogen and oxygen atoms in total. The second-order valence-corrected chi connectivity index (χ2v) is 7.82. The fourth-order valence-corrected chi connectivity index (χ4v) is 3.82. The van der Waals surface area contributed by atoms with E-state index < -0.39 is 11.6 Å². The first-order valence-corrected chi connectivity index (χ1v) is 9.83. The van der Waals surface area contributed by atoms with Gasteiger partial charge in [-0.3, -0.25) is 4.79 Å². The van der Waals surface area contributed by atoms with Gasteiger partial charge in [-0.15, -0.1) is 0 Å². The number of carbonyl (C=O) groups is 1. The van der Waals surface area contributed by atoms with E-state index in [1.54, 1.807) is 6.07 Å². The normalized spacial score (nSPS) is 16.8. The lowest BCUT2D eigenvalue weighted by Crippen LogP contribution is -2.39. The summed E-state index contributed by atoms with van der Waals surface area (Å²) in [5.74, 6) is -0.998. The zero-order valence-corrected chi connectivity index (χ0v) is 16.5. The highest BCUT2D eigenvalue weighted by molar-refractivity contribution is 6.00. The molecule has 1 aliphatic heterocycles. The molecule has 1 aromatic heterocycles. The standard InChI is InChI=1S/C23H23F2N3O/c1-14-5-7-19-17(10-14)21(27-20-8-6-16(24)11-18(20)25)12-22(26-19)23(29)28-9-3-4-15(2)13-28/h5-8,10-12,15H,3-4,9,13H2,1-2H3,(H,26,27)/t15-/m0/s1. The Morgan fingerprint density at radius 3 is 2.72 bits per heavy atom. The first kappa shape index (κ1) is 19.3. The van der Waals surface area contributed by atoms with Gasteiger partial charge in [-0.25, -0.2) is 13.8 Å². The second kappa shape index (κ2) is 7.78. The highest BCUT2D eigenvalue weighted by Crippen LogP contribution is 2.30. The van der Waals surface area contributed by atoms with Gasteiger partial charge in [0.05, 0.1) is 16.9 Å². The van der Waals surface area contributed by atoms with E-state index in [0.29, 0.717) is 35.9 Å². The third-order valence-corrected chi connectivity index (χ3v) is 5.33. The third-order valence-electron chi connectivity index (χ3n) is 5.33. The van der Waals surface area contributed by atoms with Crippen LogP contribution in [0.15, 0.2) is 42.5 Å². The van der Waals surface area contributed by atoms with Crippen LogP contribution in [0.3, 0.4) is 0 Å². The summed E-state index contributed by atoms with van der Waals surface area (Å²) in [4.78, 5) is 19.5. The predicted octanol–water partition coefficient (Wildman–Crippen LogP) is 5.44. The van der Waals surface area contributed by atoms with Crippen molar-refractivity contribution < 1.29 is 13.6 Å². The van der Waals surface area contributed by atoms with Crippen LogP contribution in [-0.4, -0.2) is 28.9 Å². The quantitative estimate of drug-likeness (QED) is 0.643. The molecule has 1 amide bonds. The molecule has 4 rings (SSSR count). The topological polar surface area (TPSA) is 45.2 Å². The molecule has 2 aromatic carbocycles. The Morgan fingerprint density at radius 2 is 1.97 bits per heavy atom. The smallest absolute Gasteiger partial charge is 0.272 e. The molecule has 1 atom stereocenters. The number of benzene rings is 2. The molecular formula is C23H23F2N3O. The molecule has 1 N–H and O–H groups in total. The second-order valence-electron chi connectivity index (χ2n) is 7.82. The molecule has 0 spiro atoms. The van der Waals surface area contributed by atoms with Crippen LogP contribution in [0.4, 0.5) is 20.2 Å². The molecule has 1 saturated heterocycles. The summed E-state index contributed by atoms with van der Waals surface area (Å²) in [7, 11) is 0. The number of hydrogen-bond donors (Lipinski definition) is 1. The lowest BCUT2D eigenvalue weighted by Gasteiger charge is -2.30. The van der Waals surface area contributed by atoms with E-state index >= 15 is 0 Å². The van der Waals surface area contributed by atoms with E-state index in [4.69, 9.17) is 0 Å². The van der Waals surface area contributed by atoms with Crippen molar-refractivity contribution >= 4 is 28.2 Å². The van der Waals surface area contributed by atoms with Gasteiger partial charge >= 0.3 is 0 Å². The van der Waals surface area contributed by atoms with Crippen LogP contribution >= 0.6 is 0 Å². The zero-order valence-electron chi connectivity index (χ0n) is 16.5. The van der Waals surface area contributed by atoms with Crippen LogP contribution in [0.25, 0.3) is 10.9 Å². The number of aromatic nitrogens is 1. The maximum absolute atomic E-state index is 14.2. The molecule has 1 fully saturated rings. The number of nitrogens with zero attached hydrogens (tertiary/aromatic N) is 2. The van der Waals surface area contributed by atoms with Crippen molar-refractivity contribution in [3.05, 3.63) is 65.4 Å². The van der Waals surface area contributed by atoms with Crippen molar-refractivity contribution in [2.75, 3.05) is 18.4 Å². The third kappa shape index (κ3) is 4.06. The fourth-order valence-electron chi connectivity index (χ4n) is 3.82. The van der Waals surface area contributed by atoms with E-state index in [0.717, 1.165) is 29.9 Å².